The second kappa shape index (κ2) is 5.04. The predicted octanol–water partition coefficient (Wildman–Crippen LogP) is 0.931. The Morgan fingerprint density at radius 1 is 1.45 bits per heavy atom. The smallest absolute Gasteiger partial charge is 0.0790 e. The average Bonchev–Trinajstić information content (AvgIpc) is 1.87. The van der Waals surface area contributed by atoms with Gasteiger partial charge in [0.15, 0.2) is 0 Å². The van der Waals surface area contributed by atoms with Crippen LogP contribution in [0.4, 0.5) is 0 Å². The van der Waals surface area contributed by atoms with Crippen molar-refractivity contribution < 1.29 is 4.74 Å². The molecule has 11 heavy (non-hydrogen) atoms. The third kappa shape index (κ3) is 6.70. The molecule has 0 aromatic carbocycles. The molecule has 0 saturated carbocycles. The van der Waals surface area contributed by atoms with Crippen LogP contribution in [0.3, 0.4) is 0 Å². The first kappa shape index (κ1) is 11.3. The van der Waals surface area contributed by atoms with Crippen molar-refractivity contribution in [2.75, 3.05) is 26.2 Å². The van der Waals surface area contributed by atoms with Gasteiger partial charge in [-0.1, -0.05) is 13.8 Å². The summed E-state index contributed by atoms with van der Waals surface area (Å²) in [4.78, 5) is 0. The van der Waals surface area contributed by atoms with Crippen LogP contribution < -0.4 is 11.2 Å². The van der Waals surface area contributed by atoms with Gasteiger partial charge in [-0.25, -0.2) is 0 Å². The van der Waals surface area contributed by atoms with Crippen molar-refractivity contribution in [2.24, 2.45) is 16.7 Å². The fraction of sp³-hybridized carbons (Fsp3) is 1.00. The summed E-state index contributed by atoms with van der Waals surface area (Å²) < 4.78 is 5.37. The van der Waals surface area contributed by atoms with Crippen molar-refractivity contribution in [2.45, 2.75) is 13.8 Å². The van der Waals surface area contributed by atoms with Crippen molar-refractivity contribution in [1.82, 2.24) is 0 Å². The monoisotopic (exact) mass is 178 g/mol. The number of hydrogen-bond acceptors (Lipinski definition) is 3. The van der Waals surface area contributed by atoms with Crippen LogP contribution >= 0.6 is 8.07 Å². The molecule has 0 spiro atoms. The Kier molecular flexibility index (Phi) is 5.19. The molecule has 68 valence electrons. The van der Waals surface area contributed by atoms with Crippen molar-refractivity contribution >= 4 is 8.07 Å². The van der Waals surface area contributed by atoms with Gasteiger partial charge in [0.2, 0.25) is 0 Å². The zero-order valence-corrected chi connectivity index (χ0v) is 8.53. The quantitative estimate of drug-likeness (QED) is 0.616. The Morgan fingerprint density at radius 2 is 2.00 bits per heavy atom. The molecule has 0 rings (SSSR count). The van der Waals surface area contributed by atoms with E-state index < -0.39 is 8.07 Å². The third-order valence-electron chi connectivity index (χ3n) is 1.34. The van der Waals surface area contributed by atoms with Gasteiger partial charge in [0, 0.05) is 5.41 Å². The summed E-state index contributed by atoms with van der Waals surface area (Å²) in [5.74, 6) is 0. The number of ether oxygens (including phenoxy) is 1. The first-order chi connectivity index (χ1) is 4.98. The highest BCUT2D eigenvalue weighted by atomic mass is 31.1. The topological polar surface area (TPSA) is 61.3 Å². The highest BCUT2D eigenvalue weighted by Gasteiger charge is 2.15. The largest absolute Gasteiger partial charge is 0.375 e. The lowest BCUT2D eigenvalue weighted by molar-refractivity contribution is 0.0972. The van der Waals surface area contributed by atoms with Crippen molar-refractivity contribution in [3.63, 3.8) is 0 Å². The van der Waals surface area contributed by atoms with E-state index in [1.54, 1.807) is 0 Å². The zero-order valence-electron chi connectivity index (χ0n) is 7.63. The molecule has 3 nitrogen and oxygen atoms in total. The molecular formula is C7H19N2OP. The van der Waals surface area contributed by atoms with E-state index in [9.17, 15) is 0 Å². The van der Waals surface area contributed by atoms with E-state index in [0.717, 1.165) is 0 Å². The zero-order chi connectivity index (χ0) is 8.91. The molecule has 1 unspecified atom stereocenters. The summed E-state index contributed by atoms with van der Waals surface area (Å²) in [6.45, 7) is 7.51. The third-order valence-corrected chi connectivity index (χ3v) is 1.93. The standard InChI is InChI=1S/C7H19N2OP/c1-7(2,4-8)5-10-6-11(3)9/h4-6,8-9H2,1-3H3. The molecule has 0 aromatic heterocycles. The van der Waals surface area contributed by atoms with E-state index in [0.29, 0.717) is 19.5 Å². The maximum Gasteiger partial charge on any atom is 0.0790 e. The molecule has 0 bridgehead atoms. The second-order valence-corrected chi connectivity index (χ2v) is 5.38. The number of hydrogen-bond donors (Lipinski definition) is 2. The van der Waals surface area contributed by atoms with E-state index >= 15 is 0 Å². The molecule has 0 heterocycles. The van der Waals surface area contributed by atoms with Crippen LogP contribution in [0.5, 0.6) is 0 Å². The maximum atomic E-state index is 5.57. The SMILES string of the molecule is CP(N)COCC(C)(C)CN. The van der Waals surface area contributed by atoms with Gasteiger partial charge < -0.3 is 16.0 Å². The lowest BCUT2D eigenvalue weighted by Crippen LogP contribution is -2.29. The van der Waals surface area contributed by atoms with Crippen LogP contribution in [0.15, 0.2) is 0 Å². The summed E-state index contributed by atoms with van der Waals surface area (Å²) in [6.07, 6.45) is 0.679. The molecule has 4 heteroatoms. The predicted molar refractivity (Wildman–Crippen MR) is 50.7 cm³/mol. The highest BCUT2D eigenvalue weighted by Crippen LogP contribution is 2.20. The van der Waals surface area contributed by atoms with Crippen LogP contribution in [0, 0.1) is 5.41 Å². The molecule has 0 aromatic rings. The van der Waals surface area contributed by atoms with Gasteiger partial charge in [-0.2, -0.15) is 0 Å². The van der Waals surface area contributed by atoms with E-state index in [4.69, 9.17) is 16.0 Å². The Bertz CT molecular complexity index is 107. The van der Waals surface area contributed by atoms with Gasteiger partial charge in [0.25, 0.3) is 0 Å². The summed E-state index contributed by atoms with van der Waals surface area (Å²) in [7, 11) is -0.422. The molecule has 0 radical (unpaired) electrons. The van der Waals surface area contributed by atoms with Crippen LogP contribution in [0.2, 0.25) is 0 Å². The van der Waals surface area contributed by atoms with Crippen LogP contribution in [0.1, 0.15) is 13.8 Å². The highest BCUT2D eigenvalue weighted by molar-refractivity contribution is 7.54. The first-order valence-electron chi connectivity index (χ1n) is 3.71. The van der Waals surface area contributed by atoms with Gasteiger partial charge in [0.05, 0.1) is 13.0 Å². The fourth-order valence-corrected chi connectivity index (χ4v) is 0.904. The Morgan fingerprint density at radius 3 is 2.36 bits per heavy atom. The molecule has 0 aliphatic carbocycles. The number of nitrogens with two attached hydrogens (primary N) is 2. The molecule has 0 saturated heterocycles. The van der Waals surface area contributed by atoms with Crippen LogP contribution in [-0.4, -0.2) is 26.2 Å². The summed E-state index contributed by atoms with van der Waals surface area (Å²) in [5, 5.41) is 0. The van der Waals surface area contributed by atoms with Gasteiger partial charge in [0.1, 0.15) is 0 Å². The minimum Gasteiger partial charge on any atom is -0.375 e. The van der Waals surface area contributed by atoms with Gasteiger partial charge in [-0.15, -0.1) is 0 Å². The van der Waals surface area contributed by atoms with E-state index in [2.05, 4.69) is 13.8 Å². The number of rotatable bonds is 5. The van der Waals surface area contributed by atoms with Crippen molar-refractivity contribution in [3.8, 4) is 0 Å². The van der Waals surface area contributed by atoms with E-state index in [-0.39, 0.29) is 5.41 Å². The summed E-state index contributed by atoms with van der Waals surface area (Å²) >= 11 is 0. The average molecular weight is 178 g/mol. The summed E-state index contributed by atoms with van der Waals surface area (Å²) in [5.41, 5.74) is 11.2. The van der Waals surface area contributed by atoms with Crippen LogP contribution in [-0.2, 0) is 4.74 Å². The Balaban J connectivity index is 3.38. The molecule has 1 atom stereocenters. The molecule has 0 amide bonds. The normalized spacial score (nSPS) is 15.0. The lowest BCUT2D eigenvalue weighted by atomic mass is 9.96. The molecule has 0 fully saturated rings. The minimum absolute atomic E-state index is 0.0886. The molecule has 4 N–H and O–H groups in total. The molecule has 0 aliphatic heterocycles. The second-order valence-electron chi connectivity index (χ2n) is 3.60. The van der Waals surface area contributed by atoms with Crippen LogP contribution in [0.25, 0.3) is 0 Å². The van der Waals surface area contributed by atoms with Crippen molar-refractivity contribution in [3.05, 3.63) is 0 Å². The first-order valence-corrected chi connectivity index (χ1v) is 5.76. The van der Waals surface area contributed by atoms with E-state index in [1.807, 2.05) is 6.66 Å². The van der Waals surface area contributed by atoms with Gasteiger partial charge in [-0.05, 0) is 21.3 Å². The minimum atomic E-state index is -0.422. The van der Waals surface area contributed by atoms with Gasteiger partial charge >= 0.3 is 0 Å². The van der Waals surface area contributed by atoms with E-state index in [1.165, 1.54) is 0 Å². The fourth-order valence-electron chi connectivity index (χ4n) is 0.525. The lowest BCUT2D eigenvalue weighted by Gasteiger charge is -2.22. The summed E-state index contributed by atoms with van der Waals surface area (Å²) in [6, 6.07) is 0. The van der Waals surface area contributed by atoms with Gasteiger partial charge in [-0.3, -0.25) is 0 Å². The molecular weight excluding hydrogens is 159 g/mol. The Hall–Kier alpha value is 0.310. The maximum absolute atomic E-state index is 5.57. The van der Waals surface area contributed by atoms with Crippen molar-refractivity contribution in [1.29, 1.82) is 0 Å². The molecule has 0 aliphatic rings. The Labute approximate surface area is 70.3 Å².